The summed E-state index contributed by atoms with van der Waals surface area (Å²) in [6.45, 7) is 5.51. The van der Waals surface area contributed by atoms with Crippen LogP contribution in [0.25, 0.3) is 6.08 Å². The molecule has 1 saturated heterocycles. The molecule has 2 atom stereocenters. The number of carbonyl (C=O) groups is 1. The van der Waals surface area contributed by atoms with Gasteiger partial charge in [-0.1, -0.05) is 0 Å². The van der Waals surface area contributed by atoms with E-state index in [0.29, 0.717) is 4.48 Å². The largest absolute Gasteiger partial charge is 0.377 e. The van der Waals surface area contributed by atoms with Crippen LogP contribution in [0.3, 0.4) is 0 Å². The molecule has 134 valence electrons. The minimum absolute atomic E-state index is 0.00418. The number of allylic oxidation sites excluding steroid dienone is 3. The quantitative estimate of drug-likeness (QED) is 0.780. The van der Waals surface area contributed by atoms with E-state index in [0.717, 1.165) is 25.2 Å². The molecule has 0 amide bonds. The minimum Gasteiger partial charge on any atom is -0.377 e. The molecule has 0 radical (unpaired) electrons. The molecule has 1 aliphatic carbocycles. The van der Waals surface area contributed by atoms with Gasteiger partial charge in [-0.3, -0.25) is 9.79 Å². The van der Waals surface area contributed by atoms with Gasteiger partial charge in [0.05, 0.1) is 18.7 Å². The number of ketones is 1. The van der Waals surface area contributed by atoms with Gasteiger partial charge in [-0.05, 0) is 37.3 Å². The molecule has 1 spiro atoms. The monoisotopic (exact) mass is 348 g/mol. The average molecular weight is 348 g/mol. The van der Waals surface area contributed by atoms with Gasteiger partial charge in [0.1, 0.15) is 11.4 Å². The molecule has 3 aliphatic rings. The Hall–Kier alpha value is -2.46. The maximum absolute atomic E-state index is 12.5. The number of carbonyl (C=O) groups excluding carboxylic acids is 1. The third-order valence-corrected chi connectivity index (χ3v) is 5.81. The average Bonchev–Trinajstić information content (AvgIpc) is 2.58. The van der Waals surface area contributed by atoms with Crippen LogP contribution in [-0.2, 0) is 4.79 Å². The third-order valence-electron chi connectivity index (χ3n) is 5.81. The van der Waals surface area contributed by atoms with E-state index < -0.39 is 0 Å². The van der Waals surface area contributed by atoms with Crippen LogP contribution >= 0.6 is 0 Å². The fraction of sp³-hybridized carbons (Fsp3) is 0.364. The molecule has 2 unspecified atom stereocenters. The summed E-state index contributed by atoms with van der Waals surface area (Å²) in [7, 11) is 4.12. The maximum atomic E-state index is 12.5. The van der Waals surface area contributed by atoms with E-state index in [1.165, 1.54) is 28.2 Å². The van der Waals surface area contributed by atoms with Crippen LogP contribution in [0.1, 0.15) is 25.8 Å². The molecule has 2 aliphatic heterocycles. The van der Waals surface area contributed by atoms with Gasteiger partial charge >= 0.3 is 0 Å². The lowest BCUT2D eigenvalue weighted by Crippen LogP contribution is -2.69. The number of rotatable bonds is 3. The highest BCUT2D eigenvalue weighted by atomic mass is 16.1. The first kappa shape index (κ1) is 17.0. The molecule has 26 heavy (non-hydrogen) atoms. The van der Waals surface area contributed by atoms with Crippen molar-refractivity contribution in [3.63, 3.8) is 0 Å². The highest BCUT2D eigenvalue weighted by molar-refractivity contribution is 6.08. The molecule has 1 aromatic rings. The van der Waals surface area contributed by atoms with Crippen molar-refractivity contribution >= 4 is 28.9 Å². The van der Waals surface area contributed by atoms with Crippen LogP contribution in [0, 0.1) is 0 Å². The van der Waals surface area contributed by atoms with Crippen LogP contribution < -0.4 is 9.38 Å². The molecule has 1 aromatic carbocycles. The van der Waals surface area contributed by atoms with Crippen LogP contribution in [0.2, 0.25) is 0 Å². The van der Waals surface area contributed by atoms with E-state index in [2.05, 4.69) is 73.4 Å². The zero-order valence-corrected chi connectivity index (χ0v) is 16.0. The molecule has 1 fully saturated rings. The van der Waals surface area contributed by atoms with Crippen molar-refractivity contribution in [2.24, 2.45) is 4.99 Å². The molecule has 4 heteroatoms. The Morgan fingerprint density at radius 2 is 2.08 bits per heavy atom. The van der Waals surface area contributed by atoms with Crippen molar-refractivity contribution in [1.29, 1.82) is 0 Å². The number of hydrogen-bond donors (Lipinski definition) is 0. The first-order valence-electron chi connectivity index (χ1n) is 9.34. The second-order valence-electron chi connectivity index (χ2n) is 7.51. The number of Topliss-reactive ketones (excluding diaryl/α,β-unsaturated/α-hetero) is 1. The lowest BCUT2D eigenvalue weighted by atomic mass is 9.82. The van der Waals surface area contributed by atoms with E-state index in [-0.39, 0.29) is 11.8 Å². The Morgan fingerprint density at radius 1 is 1.27 bits per heavy atom. The number of anilines is 1. The van der Waals surface area contributed by atoms with Crippen molar-refractivity contribution < 1.29 is 4.79 Å². The molecular weight excluding hydrogens is 322 g/mol. The SMILES string of the molecule is CCN=C1C=CC2=Cc3ccc(N(C)C)cc3[N+]3(CCC3C(C)=O)C2=C1. The fourth-order valence-corrected chi connectivity index (χ4v) is 4.46. The summed E-state index contributed by atoms with van der Waals surface area (Å²) in [6, 6.07) is 6.59. The van der Waals surface area contributed by atoms with Gasteiger partial charge in [-0.2, -0.15) is 0 Å². The Morgan fingerprint density at radius 3 is 2.69 bits per heavy atom. The molecule has 0 aromatic heterocycles. The van der Waals surface area contributed by atoms with Crippen LogP contribution in [0.4, 0.5) is 11.4 Å². The number of aliphatic imine (C=N–C) groups is 1. The van der Waals surface area contributed by atoms with E-state index >= 15 is 0 Å². The molecule has 2 heterocycles. The lowest BCUT2D eigenvalue weighted by molar-refractivity contribution is -0.124. The molecule has 0 N–H and O–H groups in total. The Labute approximate surface area is 155 Å². The van der Waals surface area contributed by atoms with E-state index in [1.807, 2.05) is 0 Å². The first-order valence-corrected chi connectivity index (χ1v) is 9.34. The minimum atomic E-state index is -0.00418. The van der Waals surface area contributed by atoms with Crippen LogP contribution in [0.5, 0.6) is 0 Å². The van der Waals surface area contributed by atoms with Gasteiger partial charge in [0.25, 0.3) is 0 Å². The number of quaternary nitrogens is 1. The molecule has 0 bridgehead atoms. The zero-order valence-electron chi connectivity index (χ0n) is 16.0. The summed E-state index contributed by atoms with van der Waals surface area (Å²) in [5.74, 6) is 0.267. The van der Waals surface area contributed by atoms with Gasteiger partial charge in [0, 0.05) is 56.5 Å². The number of benzene rings is 1. The van der Waals surface area contributed by atoms with Gasteiger partial charge in [-0.15, -0.1) is 0 Å². The van der Waals surface area contributed by atoms with Crippen LogP contribution in [0.15, 0.2) is 52.7 Å². The van der Waals surface area contributed by atoms with E-state index in [4.69, 9.17) is 0 Å². The highest BCUT2D eigenvalue weighted by Gasteiger charge is 2.56. The van der Waals surface area contributed by atoms with Gasteiger partial charge in [0.2, 0.25) is 0 Å². The topological polar surface area (TPSA) is 32.7 Å². The summed E-state index contributed by atoms with van der Waals surface area (Å²) in [5.41, 5.74) is 7.05. The van der Waals surface area contributed by atoms with Crippen molar-refractivity contribution in [2.45, 2.75) is 26.3 Å². The van der Waals surface area contributed by atoms with E-state index in [1.54, 1.807) is 6.92 Å². The summed E-state index contributed by atoms with van der Waals surface area (Å²) in [5, 5.41) is 0. The smallest absolute Gasteiger partial charge is 0.187 e. The summed E-state index contributed by atoms with van der Waals surface area (Å²) in [6.07, 6.45) is 9.61. The van der Waals surface area contributed by atoms with E-state index in [9.17, 15) is 4.79 Å². The number of nitrogens with zero attached hydrogens (tertiary/aromatic N) is 3. The summed E-state index contributed by atoms with van der Waals surface area (Å²) >= 11 is 0. The highest BCUT2D eigenvalue weighted by Crippen LogP contribution is 2.51. The second kappa shape index (κ2) is 6.06. The van der Waals surface area contributed by atoms with Gasteiger partial charge in [-0.25, -0.2) is 4.48 Å². The predicted molar refractivity (Wildman–Crippen MR) is 110 cm³/mol. The maximum Gasteiger partial charge on any atom is 0.187 e. The molecule has 4 nitrogen and oxygen atoms in total. The third kappa shape index (κ3) is 2.32. The van der Waals surface area contributed by atoms with Crippen molar-refractivity contribution in [2.75, 3.05) is 32.1 Å². The molecule has 4 rings (SSSR count). The van der Waals surface area contributed by atoms with Crippen LogP contribution in [-0.4, -0.2) is 44.7 Å². The first-order chi connectivity index (χ1) is 12.5. The Kier molecular flexibility index (Phi) is 3.96. The van der Waals surface area contributed by atoms with Gasteiger partial charge < -0.3 is 4.90 Å². The Bertz CT molecular complexity index is 904. The molecular formula is C22H26N3O+. The predicted octanol–water partition coefficient (Wildman–Crippen LogP) is 3.73. The van der Waals surface area contributed by atoms with Gasteiger partial charge in [0.15, 0.2) is 11.8 Å². The zero-order chi connectivity index (χ0) is 18.5. The number of hydrogen-bond acceptors (Lipinski definition) is 3. The normalized spacial score (nSPS) is 27.4. The standard InChI is InChI=1S/C22H26N3O/c1-5-23-18-8-6-16-12-17-7-9-19(24(3)4)14-22(17)25(21(16)13-18)11-10-20(25)15(2)26/h6-9,12-14,20H,5,10-11H2,1-4H3/q+1. The summed E-state index contributed by atoms with van der Waals surface area (Å²) < 4.78 is 0.644. The molecule has 0 saturated carbocycles. The number of fused-ring (bicyclic) bond motifs is 4. The van der Waals surface area contributed by atoms with Crippen molar-refractivity contribution in [3.8, 4) is 0 Å². The second-order valence-corrected chi connectivity index (χ2v) is 7.51. The Balaban J connectivity index is 1.97. The fourth-order valence-electron chi connectivity index (χ4n) is 4.46. The van der Waals surface area contributed by atoms with Crippen molar-refractivity contribution in [3.05, 3.63) is 53.3 Å². The summed E-state index contributed by atoms with van der Waals surface area (Å²) in [4.78, 5) is 19.2. The lowest BCUT2D eigenvalue weighted by Gasteiger charge is -2.54. The van der Waals surface area contributed by atoms with Crippen molar-refractivity contribution in [1.82, 2.24) is 4.48 Å².